The third-order valence-electron chi connectivity index (χ3n) is 5.19. The first-order valence-corrected chi connectivity index (χ1v) is 8.80. The monoisotopic (exact) mass is 342 g/mol. The molecule has 0 bridgehead atoms. The van der Waals surface area contributed by atoms with Crippen molar-refractivity contribution in [3.05, 3.63) is 29.3 Å². The van der Waals surface area contributed by atoms with Gasteiger partial charge < -0.3 is 5.32 Å². The highest BCUT2D eigenvalue weighted by atomic mass is 19.1. The van der Waals surface area contributed by atoms with Gasteiger partial charge in [0.1, 0.15) is 12.2 Å². The van der Waals surface area contributed by atoms with Crippen LogP contribution in [0, 0.1) is 17.2 Å². The minimum Gasteiger partial charge on any atom is -0.324 e. The number of carbonyl (C=O) groups excluding carboxylic acids is 1. The van der Waals surface area contributed by atoms with Crippen LogP contribution in [0.1, 0.15) is 56.6 Å². The number of nitrogens with one attached hydrogen (secondary N) is 2. The molecule has 132 valence electrons. The lowest BCUT2D eigenvalue weighted by Gasteiger charge is -2.25. The first kappa shape index (κ1) is 17.4. The molecule has 1 heterocycles. The van der Waals surface area contributed by atoms with Crippen LogP contribution in [-0.2, 0) is 11.5 Å². The van der Waals surface area contributed by atoms with E-state index in [0.717, 1.165) is 18.6 Å². The van der Waals surface area contributed by atoms with Crippen LogP contribution in [0.4, 0.5) is 10.1 Å². The van der Waals surface area contributed by atoms with Crippen molar-refractivity contribution < 1.29 is 9.18 Å². The van der Waals surface area contributed by atoms with Crippen molar-refractivity contribution in [2.45, 2.75) is 57.7 Å². The van der Waals surface area contributed by atoms with Gasteiger partial charge in [0.15, 0.2) is 0 Å². The lowest BCUT2D eigenvalue weighted by atomic mass is 9.81. The third-order valence-corrected chi connectivity index (χ3v) is 5.19. The SMILES string of the molecule is CC1(C(=O)Nc2ccc(C#N)c(CF)c2)CC(C2CCCCC2)=NN1. The molecule has 1 fully saturated rings. The van der Waals surface area contributed by atoms with E-state index < -0.39 is 12.2 Å². The van der Waals surface area contributed by atoms with Gasteiger partial charge in [-0.15, -0.1) is 0 Å². The molecule has 0 saturated heterocycles. The summed E-state index contributed by atoms with van der Waals surface area (Å²) in [5.74, 6) is 0.278. The molecule has 1 atom stereocenters. The average Bonchev–Trinajstić information content (AvgIpc) is 3.06. The number of hydrazone groups is 1. The number of alkyl halides is 1. The molecule has 2 aliphatic rings. The van der Waals surface area contributed by atoms with Gasteiger partial charge in [-0.25, -0.2) is 4.39 Å². The highest BCUT2D eigenvalue weighted by molar-refractivity contribution is 6.03. The average molecular weight is 342 g/mol. The number of benzene rings is 1. The van der Waals surface area contributed by atoms with Crippen LogP contribution in [0.2, 0.25) is 0 Å². The Balaban J connectivity index is 1.66. The molecule has 1 saturated carbocycles. The summed E-state index contributed by atoms with van der Waals surface area (Å²) in [6, 6.07) is 6.61. The second-order valence-electron chi connectivity index (χ2n) is 7.13. The molecule has 25 heavy (non-hydrogen) atoms. The molecule has 6 heteroatoms. The topological polar surface area (TPSA) is 77.3 Å². The lowest BCUT2D eigenvalue weighted by molar-refractivity contribution is -0.121. The van der Waals surface area contributed by atoms with E-state index >= 15 is 0 Å². The number of carbonyl (C=O) groups is 1. The van der Waals surface area contributed by atoms with Gasteiger partial charge >= 0.3 is 0 Å². The molecule has 1 aromatic carbocycles. The van der Waals surface area contributed by atoms with Gasteiger partial charge in [0.05, 0.1) is 11.6 Å². The molecule has 5 nitrogen and oxygen atoms in total. The van der Waals surface area contributed by atoms with E-state index in [9.17, 15) is 9.18 Å². The standard InChI is InChI=1S/C19H23FN4O/c1-19(10-17(23-24-19)13-5-3-2-4-6-13)18(25)22-16-8-7-14(12-21)15(9-16)11-20/h7-9,13,24H,2-6,10-11H2,1H3,(H,22,25). The molecule has 0 spiro atoms. The maximum atomic E-state index is 13.0. The minimum atomic E-state index is -0.795. The smallest absolute Gasteiger partial charge is 0.251 e. The van der Waals surface area contributed by atoms with Crippen LogP contribution in [0.3, 0.4) is 0 Å². The predicted octanol–water partition coefficient (Wildman–Crippen LogP) is 3.65. The second-order valence-corrected chi connectivity index (χ2v) is 7.13. The van der Waals surface area contributed by atoms with E-state index in [1.807, 2.05) is 13.0 Å². The Labute approximate surface area is 147 Å². The first-order chi connectivity index (χ1) is 12.1. The summed E-state index contributed by atoms with van der Waals surface area (Å²) in [5.41, 5.74) is 4.35. The van der Waals surface area contributed by atoms with E-state index in [-0.39, 0.29) is 17.0 Å². The van der Waals surface area contributed by atoms with Crippen molar-refractivity contribution in [1.82, 2.24) is 5.43 Å². The Bertz CT molecular complexity index is 733. The Morgan fingerprint density at radius 2 is 2.20 bits per heavy atom. The number of anilines is 1. The highest BCUT2D eigenvalue weighted by Crippen LogP contribution is 2.31. The van der Waals surface area contributed by atoms with Crippen molar-refractivity contribution in [2.24, 2.45) is 11.0 Å². The molecule has 1 aliphatic carbocycles. The molecule has 1 aromatic rings. The molecular weight excluding hydrogens is 319 g/mol. The Morgan fingerprint density at radius 1 is 1.44 bits per heavy atom. The largest absolute Gasteiger partial charge is 0.324 e. The summed E-state index contributed by atoms with van der Waals surface area (Å²) >= 11 is 0. The molecule has 0 radical (unpaired) electrons. The summed E-state index contributed by atoms with van der Waals surface area (Å²) in [6.07, 6.45) is 6.62. The van der Waals surface area contributed by atoms with E-state index in [0.29, 0.717) is 18.0 Å². The van der Waals surface area contributed by atoms with Gasteiger partial charge in [-0.1, -0.05) is 19.3 Å². The van der Waals surface area contributed by atoms with Gasteiger partial charge in [0, 0.05) is 23.4 Å². The maximum absolute atomic E-state index is 13.0. The van der Waals surface area contributed by atoms with Crippen LogP contribution >= 0.6 is 0 Å². The fourth-order valence-electron chi connectivity index (χ4n) is 3.60. The maximum Gasteiger partial charge on any atom is 0.251 e. The zero-order chi connectivity index (χ0) is 17.9. The van der Waals surface area contributed by atoms with E-state index in [1.165, 1.54) is 31.4 Å². The third kappa shape index (κ3) is 3.65. The Kier molecular flexibility index (Phi) is 5.03. The van der Waals surface area contributed by atoms with Gasteiger partial charge in [-0.2, -0.15) is 10.4 Å². The summed E-state index contributed by atoms with van der Waals surface area (Å²) in [6.45, 7) is 1.10. The molecule has 3 rings (SSSR count). The van der Waals surface area contributed by atoms with Crippen molar-refractivity contribution in [1.29, 1.82) is 5.26 Å². The first-order valence-electron chi connectivity index (χ1n) is 8.80. The summed E-state index contributed by atoms with van der Waals surface area (Å²) in [4.78, 5) is 12.7. The zero-order valence-electron chi connectivity index (χ0n) is 14.4. The van der Waals surface area contributed by atoms with E-state index in [1.54, 1.807) is 6.07 Å². The van der Waals surface area contributed by atoms with Crippen LogP contribution in [0.5, 0.6) is 0 Å². The second kappa shape index (κ2) is 7.22. The normalized spacial score (nSPS) is 23.5. The van der Waals surface area contributed by atoms with Gasteiger partial charge in [0.25, 0.3) is 5.91 Å². The summed E-state index contributed by atoms with van der Waals surface area (Å²) in [5, 5.41) is 16.2. The van der Waals surface area contributed by atoms with Gasteiger partial charge in [-0.3, -0.25) is 10.2 Å². The number of hydrogen-bond donors (Lipinski definition) is 2. The van der Waals surface area contributed by atoms with Gasteiger partial charge in [0.2, 0.25) is 0 Å². The number of rotatable bonds is 4. The number of hydrogen-bond acceptors (Lipinski definition) is 4. The predicted molar refractivity (Wildman–Crippen MR) is 94.8 cm³/mol. The minimum absolute atomic E-state index is 0.198. The van der Waals surface area contributed by atoms with Crippen molar-refractivity contribution in [2.75, 3.05) is 5.32 Å². The van der Waals surface area contributed by atoms with Crippen molar-refractivity contribution >= 4 is 17.3 Å². The quantitative estimate of drug-likeness (QED) is 0.877. The molecule has 0 aromatic heterocycles. The fraction of sp³-hybridized carbons (Fsp3) is 0.526. The van der Waals surface area contributed by atoms with Crippen LogP contribution < -0.4 is 10.7 Å². The van der Waals surface area contributed by atoms with Gasteiger partial charge in [-0.05, 0) is 43.9 Å². The van der Waals surface area contributed by atoms with Crippen LogP contribution in [0.25, 0.3) is 0 Å². The van der Waals surface area contributed by atoms with E-state index in [4.69, 9.17) is 5.26 Å². The fourth-order valence-corrected chi connectivity index (χ4v) is 3.60. The molecule has 1 amide bonds. The molecule has 1 unspecified atom stereocenters. The van der Waals surface area contributed by atoms with Crippen LogP contribution in [0.15, 0.2) is 23.3 Å². The molecule has 2 N–H and O–H groups in total. The van der Waals surface area contributed by atoms with E-state index in [2.05, 4.69) is 15.8 Å². The number of amides is 1. The summed E-state index contributed by atoms with van der Waals surface area (Å²) < 4.78 is 13.0. The molecule has 1 aliphatic heterocycles. The number of nitriles is 1. The number of halogens is 1. The zero-order valence-corrected chi connectivity index (χ0v) is 14.4. The molecular formula is C19H23FN4O. The van der Waals surface area contributed by atoms with Crippen molar-refractivity contribution in [3.8, 4) is 6.07 Å². The lowest BCUT2D eigenvalue weighted by Crippen LogP contribution is -2.48. The highest BCUT2D eigenvalue weighted by Gasteiger charge is 2.40. The Hall–Kier alpha value is -2.42. The van der Waals surface area contributed by atoms with Crippen LogP contribution in [-0.4, -0.2) is 17.2 Å². The summed E-state index contributed by atoms with van der Waals surface area (Å²) in [7, 11) is 0. The number of nitrogens with zero attached hydrogens (tertiary/aromatic N) is 2. The van der Waals surface area contributed by atoms with Crippen molar-refractivity contribution in [3.63, 3.8) is 0 Å². The Morgan fingerprint density at radius 3 is 2.88 bits per heavy atom.